The Morgan fingerprint density at radius 3 is 2.56 bits per heavy atom. The number of carbonyl (C=O) groups excluding carboxylic acids is 1. The topological polar surface area (TPSA) is 45.0 Å². The minimum absolute atomic E-state index is 0.0537. The SMILES string of the molecule is CCCCC1S/C(=N\N=C\c2ccc(C)cc2)N(Cc2ccccc2)C1=O. The van der Waals surface area contributed by atoms with E-state index in [0.29, 0.717) is 11.7 Å². The van der Waals surface area contributed by atoms with Crippen LogP contribution in [0, 0.1) is 6.92 Å². The van der Waals surface area contributed by atoms with Crippen molar-refractivity contribution in [3.63, 3.8) is 0 Å². The van der Waals surface area contributed by atoms with Crippen molar-refractivity contribution in [1.29, 1.82) is 0 Å². The molecule has 0 bridgehead atoms. The van der Waals surface area contributed by atoms with Crippen molar-refractivity contribution in [3.05, 3.63) is 71.3 Å². The average molecular weight is 380 g/mol. The molecule has 2 aromatic carbocycles. The normalized spacial score (nSPS) is 18.7. The number of unbranched alkanes of at least 4 members (excludes halogenated alkanes) is 1. The highest BCUT2D eigenvalue weighted by atomic mass is 32.2. The molecule has 1 fully saturated rings. The Morgan fingerprint density at radius 2 is 1.85 bits per heavy atom. The van der Waals surface area contributed by atoms with Crippen molar-refractivity contribution in [2.45, 2.75) is 44.9 Å². The molecule has 0 saturated carbocycles. The molecule has 2 aromatic rings. The molecule has 1 saturated heterocycles. The summed E-state index contributed by atoms with van der Waals surface area (Å²) in [5, 5.41) is 9.26. The highest BCUT2D eigenvalue weighted by molar-refractivity contribution is 8.15. The zero-order chi connectivity index (χ0) is 19.1. The second-order valence-corrected chi connectivity index (χ2v) is 7.87. The van der Waals surface area contributed by atoms with Gasteiger partial charge < -0.3 is 0 Å². The molecule has 0 aliphatic carbocycles. The number of thioether (sulfide) groups is 1. The zero-order valence-corrected chi connectivity index (χ0v) is 16.7. The van der Waals surface area contributed by atoms with Gasteiger partial charge in [0, 0.05) is 0 Å². The van der Waals surface area contributed by atoms with E-state index < -0.39 is 0 Å². The van der Waals surface area contributed by atoms with Gasteiger partial charge >= 0.3 is 0 Å². The Morgan fingerprint density at radius 1 is 1.11 bits per heavy atom. The van der Waals surface area contributed by atoms with E-state index in [0.717, 1.165) is 30.4 Å². The standard InChI is InChI=1S/C22H25N3OS/c1-3-4-10-20-21(26)25(16-19-8-6-5-7-9-19)22(27-20)24-23-15-18-13-11-17(2)12-14-18/h5-9,11-15,20H,3-4,10,16H2,1-2H3/b23-15+,24-22-. The molecule has 1 aliphatic heterocycles. The number of carbonyl (C=O) groups is 1. The molecule has 1 unspecified atom stereocenters. The van der Waals surface area contributed by atoms with Gasteiger partial charge in [0.25, 0.3) is 0 Å². The maximum Gasteiger partial charge on any atom is 0.242 e. The van der Waals surface area contributed by atoms with Crippen LogP contribution in [0.4, 0.5) is 0 Å². The summed E-state index contributed by atoms with van der Waals surface area (Å²) in [5.74, 6) is 0.140. The molecule has 4 nitrogen and oxygen atoms in total. The Kier molecular flexibility index (Phi) is 6.82. The van der Waals surface area contributed by atoms with Crippen molar-refractivity contribution in [1.82, 2.24) is 4.90 Å². The van der Waals surface area contributed by atoms with Gasteiger partial charge in [-0.15, -0.1) is 5.10 Å². The minimum atomic E-state index is -0.0537. The lowest BCUT2D eigenvalue weighted by Gasteiger charge is -2.15. The maximum atomic E-state index is 12.9. The van der Waals surface area contributed by atoms with Crippen LogP contribution in [0.25, 0.3) is 0 Å². The van der Waals surface area contributed by atoms with Crippen molar-refractivity contribution in [2.75, 3.05) is 0 Å². The third kappa shape index (κ3) is 5.30. The van der Waals surface area contributed by atoms with E-state index in [4.69, 9.17) is 0 Å². The summed E-state index contributed by atoms with van der Waals surface area (Å²) in [5.41, 5.74) is 3.30. The molecular weight excluding hydrogens is 354 g/mol. The first-order valence-electron chi connectivity index (χ1n) is 9.37. The molecule has 3 rings (SSSR count). The van der Waals surface area contributed by atoms with Crippen LogP contribution < -0.4 is 0 Å². The van der Waals surface area contributed by atoms with Gasteiger partial charge in [-0.3, -0.25) is 9.69 Å². The fraction of sp³-hybridized carbons (Fsp3) is 0.318. The summed E-state index contributed by atoms with van der Waals surface area (Å²) >= 11 is 1.54. The predicted molar refractivity (Wildman–Crippen MR) is 114 cm³/mol. The second-order valence-electron chi connectivity index (χ2n) is 6.70. The monoisotopic (exact) mass is 379 g/mol. The first-order chi connectivity index (χ1) is 13.2. The van der Waals surface area contributed by atoms with Gasteiger partial charge in [0.2, 0.25) is 5.91 Å². The van der Waals surface area contributed by atoms with E-state index in [1.165, 1.54) is 17.3 Å². The molecule has 1 atom stereocenters. The van der Waals surface area contributed by atoms with E-state index in [1.54, 1.807) is 11.1 Å². The second kappa shape index (κ2) is 9.51. The average Bonchev–Trinajstić information content (AvgIpc) is 2.98. The first kappa shape index (κ1) is 19.4. The van der Waals surface area contributed by atoms with Gasteiger partial charge in [-0.05, 0) is 24.5 Å². The van der Waals surface area contributed by atoms with Gasteiger partial charge in [0.15, 0.2) is 5.17 Å². The number of hydrogen-bond donors (Lipinski definition) is 0. The number of amidine groups is 1. The van der Waals surface area contributed by atoms with Crippen LogP contribution in [-0.2, 0) is 11.3 Å². The maximum absolute atomic E-state index is 12.9. The van der Waals surface area contributed by atoms with Gasteiger partial charge in [0.05, 0.1) is 18.0 Å². The Balaban J connectivity index is 1.77. The van der Waals surface area contributed by atoms with Crippen molar-refractivity contribution in [3.8, 4) is 0 Å². The van der Waals surface area contributed by atoms with Gasteiger partial charge in [0.1, 0.15) is 0 Å². The van der Waals surface area contributed by atoms with Crippen LogP contribution >= 0.6 is 11.8 Å². The highest BCUT2D eigenvalue weighted by Crippen LogP contribution is 2.32. The van der Waals surface area contributed by atoms with Crippen LogP contribution in [0.15, 0.2) is 64.8 Å². The molecule has 1 aliphatic rings. The lowest BCUT2D eigenvalue weighted by atomic mass is 10.1. The quantitative estimate of drug-likeness (QED) is 0.501. The lowest BCUT2D eigenvalue weighted by Crippen LogP contribution is -2.31. The number of nitrogens with zero attached hydrogens (tertiary/aromatic N) is 3. The lowest BCUT2D eigenvalue weighted by molar-refractivity contribution is -0.126. The predicted octanol–water partition coefficient (Wildman–Crippen LogP) is 5.02. The number of benzene rings is 2. The number of aryl methyl sites for hydroxylation is 1. The van der Waals surface area contributed by atoms with E-state index in [1.807, 2.05) is 54.6 Å². The molecule has 140 valence electrons. The molecule has 0 N–H and O–H groups in total. The summed E-state index contributed by atoms with van der Waals surface area (Å²) in [6.45, 7) is 4.74. The fourth-order valence-electron chi connectivity index (χ4n) is 2.87. The summed E-state index contributed by atoms with van der Waals surface area (Å²) in [4.78, 5) is 14.6. The van der Waals surface area contributed by atoms with Crippen LogP contribution in [-0.4, -0.2) is 27.4 Å². The Labute approximate surface area is 165 Å². The number of rotatable bonds is 7. The molecule has 1 heterocycles. The highest BCUT2D eigenvalue weighted by Gasteiger charge is 2.37. The van der Waals surface area contributed by atoms with Crippen LogP contribution in [0.1, 0.15) is 42.9 Å². The zero-order valence-electron chi connectivity index (χ0n) is 15.8. The smallest absolute Gasteiger partial charge is 0.242 e. The summed E-state index contributed by atoms with van der Waals surface area (Å²) in [6, 6.07) is 18.1. The molecule has 0 spiro atoms. The van der Waals surface area contributed by atoms with Crippen LogP contribution in [0.5, 0.6) is 0 Å². The van der Waals surface area contributed by atoms with E-state index in [-0.39, 0.29) is 11.2 Å². The molecule has 0 radical (unpaired) electrons. The first-order valence-corrected chi connectivity index (χ1v) is 10.2. The van der Waals surface area contributed by atoms with Gasteiger partial charge in [-0.2, -0.15) is 5.10 Å². The molecule has 1 amide bonds. The molecule has 5 heteroatoms. The van der Waals surface area contributed by atoms with Gasteiger partial charge in [-0.25, -0.2) is 0 Å². The molecular formula is C22H25N3OS. The Bertz CT molecular complexity index is 815. The van der Waals surface area contributed by atoms with Crippen LogP contribution in [0.3, 0.4) is 0 Å². The third-order valence-electron chi connectivity index (χ3n) is 4.45. The van der Waals surface area contributed by atoms with Crippen molar-refractivity contribution >= 4 is 29.1 Å². The summed E-state index contributed by atoms with van der Waals surface area (Å²) < 4.78 is 0. The van der Waals surface area contributed by atoms with E-state index in [2.05, 4.69) is 24.1 Å². The number of amides is 1. The minimum Gasteiger partial charge on any atom is -0.284 e. The fourth-order valence-corrected chi connectivity index (χ4v) is 4.01. The van der Waals surface area contributed by atoms with Crippen molar-refractivity contribution in [2.24, 2.45) is 10.2 Å². The van der Waals surface area contributed by atoms with Crippen LogP contribution in [0.2, 0.25) is 0 Å². The molecule has 27 heavy (non-hydrogen) atoms. The number of hydrogen-bond acceptors (Lipinski definition) is 4. The van der Waals surface area contributed by atoms with E-state index >= 15 is 0 Å². The molecule has 0 aromatic heterocycles. The van der Waals surface area contributed by atoms with Gasteiger partial charge in [-0.1, -0.05) is 91.7 Å². The van der Waals surface area contributed by atoms with E-state index in [9.17, 15) is 4.79 Å². The third-order valence-corrected chi connectivity index (χ3v) is 5.69. The summed E-state index contributed by atoms with van der Waals surface area (Å²) in [6.07, 6.45) is 4.74. The van der Waals surface area contributed by atoms with Crippen molar-refractivity contribution < 1.29 is 4.79 Å². The summed E-state index contributed by atoms with van der Waals surface area (Å²) in [7, 11) is 0. The largest absolute Gasteiger partial charge is 0.284 e. The Hall–Kier alpha value is -2.40.